The maximum atomic E-state index is 13.5. The molecule has 0 saturated heterocycles. The molecule has 0 amide bonds. The lowest BCUT2D eigenvalue weighted by molar-refractivity contribution is -0.153. The van der Waals surface area contributed by atoms with Gasteiger partial charge in [0.1, 0.15) is 18.8 Å². The van der Waals surface area contributed by atoms with Crippen molar-refractivity contribution in [3.05, 3.63) is 30.1 Å². The van der Waals surface area contributed by atoms with Gasteiger partial charge in [-0.3, -0.25) is 9.79 Å². The summed E-state index contributed by atoms with van der Waals surface area (Å²) in [6.07, 6.45) is 0. The minimum atomic E-state index is -0.526. The zero-order chi connectivity index (χ0) is 18.2. The highest BCUT2D eigenvalue weighted by Crippen LogP contribution is 2.14. The molecule has 134 valence electrons. The first-order valence-electron chi connectivity index (χ1n) is 7.74. The molecule has 0 bridgehead atoms. The first-order chi connectivity index (χ1) is 11.2. The number of carbonyl (C=O) groups is 1. The zero-order valence-corrected chi connectivity index (χ0v) is 14.9. The summed E-state index contributed by atoms with van der Waals surface area (Å²) in [7, 11) is 3.42. The lowest BCUT2D eigenvalue weighted by Gasteiger charge is -2.23. The summed E-state index contributed by atoms with van der Waals surface area (Å²) in [5, 5.41) is 2.92. The lowest BCUT2D eigenvalue weighted by Crippen LogP contribution is -2.44. The van der Waals surface area contributed by atoms with E-state index < -0.39 is 11.4 Å². The minimum Gasteiger partial charge on any atom is -0.489 e. The van der Waals surface area contributed by atoms with Gasteiger partial charge in [0.05, 0.1) is 6.54 Å². The van der Waals surface area contributed by atoms with Gasteiger partial charge in [-0.15, -0.1) is 0 Å². The molecule has 6 nitrogen and oxygen atoms in total. The molecule has 0 heterocycles. The molecule has 0 saturated carbocycles. The largest absolute Gasteiger partial charge is 0.489 e. The Labute approximate surface area is 142 Å². The average Bonchev–Trinajstić information content (AvgIpc) is 2.48. The van der Waals surface area contributed by atoms with Crippen molar-refractivity contribution in [2.75, 3.05) is 33.8 Å². The van der Waals surface area contributed by atoms with Crippen molar-refractivity contribution in [3.8, 4) is 5.75 Å². The van der Waals surface area contributed by atoms with Crippen molar-refractivity contribution in [2.24, 2.45) is 4.99 Å². The fraction of sp³-hybridized carbons (Fsp3) is 0.529. The zero-order valence-electron chi connectivity index (χ0n) is 14.9. The number of hydrogen-bond acceptors (Lipinski definition) is 4. The van der Waals surface area contributed by atoms with Crippen LogP contribution in [0.1, 0.15) is 20.8 Å². The number of nitrogens with one attached hydrogen (secondary N) is 1. The Balaban J connectivity index is 2.40. The van der Waals surface area contributed by atoms with Gasteiger partial charge in [0.25, 0.3) is 0 Å². The normalized spacial score (nSPS) is 11.8. The van der Waals surface area contributed by atoms with Crippen molar-refractivity contribution >= 4 is 11.9 Å². The highest BCUT2D eigenvalue weighted by molar-refractivity contribution is 5.84. The molecule has 1 rings (SSSR count). The molecule has 0 aromatic heterocycles. The van der Waals surface area contributed by atoms with Gasteiger partial charge in [-0.05, 0) is 32.9 Å². The fourth-order valence-electron chi connectivity index (χ4n) is 1.87. The molecular formula is C17H26FN3O3. The van der Waals surface area contributed by atoms with E-state index in [-0.39, 0.29) is 24.9 Å². The molecule has 1 aromatic carbocycles. The van der Waals surface area contributed by atoms with E-state index in [9.17, 15) is 9.18 Å². The van der Waals surface area contributed by atoms with E-state index >= 15 is 0 Å². The molecule has 0 aliphatic rings. The summed E-state index contributed by atoms with van der Waals surface area (Å²) >= 11 is 0. The summed E-state index contributed by atoms with van der Waals surface area (Å²) in [6, 6.07) is 6.24. The van der Waals surface area contributed by atoms with Crippen LogP contribution in [0.2, 0.25) is 0 Å². The SMILES string of the molecule is CN=C(NCC(=O)OC(C)(C)C)N(C)CCOc1ccccc1F. The smallest absolute Gasteiger partial charge is 0.325 e. The number of esters is 1. The number of hydrogen-bond donors (Lipinski definition) is 1. The molecule has 0 aliphatic carbocycles. The van der Waals surface area contributed by atoms with E-state index in [0.29, 0.717) is 12.5 Å². The molecule has 0 fully saturated rings. The second kappa shape index (κ2) is 9.10. The number of benzene rings is 1. The molecule has 0 aliphatic heterocycles. The molecule has 24 heavy (non-hydrogen) atoms. The molecule has 7 heteroatoms. The average molecular weight is 339 g/mol. The standard InChI is InChI=1S/C17H26FN3O3/c1-17(2,3)24-15(22)12-20-16(19-4)21(5)10-11-23-14-9-7-6-8-13(14)18/h6-9H,10-12H2,1-5H3,(H,19,20). The fourth-order valence-corrected chi connectivity index (χ4v) is 1.87. The predicted octanol–water partition coefficient (Wildman–Crippen LogP) is 2.05. The van der Waals surface area contributed by atoms with Gasteiger partial charge in [0.15, 0.2) is 17.5 Å². The second-order valence-electron chi connectivity index (χ2n) is 6.19. The summed E-state index contributed by atoms with van der Waals surface area (Å²) in [5.41, 5.74) is -0.526. The summed E-state index contributed by atoms with van der Waals surface area (Å²) in [4.78, 5) is 17.6. The van der Waals surface area contributed by atoms with Crippen molar-refractivity contribution in [3.63, 3.8) is 0 Å². The van der Waals surface area contributed by atoms with Gasteiger partial charge in [-0.2, -0.15) is 0 Å². The first kappa shape index (κ1) is 19.7. The number of carbonyl (C=O) groups excluding carboxylic acids is 1. The predicted molar refractivity (Wildman–Crippen MR) is 91.7 cm³/mol. The number of halogens is 1. The molecule has 0 spiro atoms. The van der Waals surface area contributed by atoms with E-state index in [0.717, 1.165) is 0 Å². The highest BCUT2D eigenvalue weighted by Gasteiger charge is 2.17. The van der Waals surface area contributed by atoms with E-state index in [2.05, 4.69) is 10.3 Å². The number of aliphatic imine (C=N–C) groups is 1. The van der Waals surface area contributed by atoms with Crippen molar-refractivity contribution < 1.29 is 18.7 Å². The molecule has 0 unspecified atom stereocenters. The Morgan fingerprint density at radius 2 is 2.00 bits per heavy atom. The van der Waals surface area contributed by atoms with E-state index in [1.54, 1.807) is 37.2 Å². The Bertz CT molecular complexity index is 570. The molecule has 1 aromatic rings. The van der Waals surface area contributed by atoms with Gasteiger partial charge in [-0.1, -0.05) is 12.1 Å². The van der Waals surface area contributed by atoms with Crippen molar-refractivity contribution in [2.45, 2.75) is 26.4 Å². The van der Waals surface area contributed by atoms with E-state index in [1.807, 2.05) is 20.8 Å². The monoisotopic (exact) mass is 339 g/mol. The number of ether oxygens (including phenoxy) is 2. The topological polar surface area (TPSA) is 63.2 Å². The molecule has 0 radical (unpaired) electrons. The second-order valence-corrected chi connectivity index (χ2v) is 6.19. The Morgan fingerprint density at radius 3 is 2.58 bits per heavy atom. The Morgan fingerprint density at radius 1 is 1.33 bits per heavy atom. The third kappa shape index (κ3) is 7.30. The lowest BCUT2D eigenvalue weighted by atomic mass is 10.2. The summed E-state index contributed by atoms with van der Waals surface area (Å²) in [6.45, 7) is 6.21. The van der Waals surface area contributed by atoms with Gasteiger partial charge >= 0.3 is 5.97 Å². The Kier molecular flexibility index (Phi) is 7.48. The third-order valence-corrected chi connectivity index (χ3v) is 2.91. The van der Waals surface area contributed by atoms with Gasteiger partial charge < -0.3 is 19.7 Å². The van der Waals surface area contributed by atoms with Gasteiger partial charge in [0.2, 0.25) is 0 Å². The van der Waals surface area contributed by atoms with E-state index in [1.165, 1.54) is 6.07 Å². The van der Waals surface area contributed by atoms with Crippen LogP contribution >= 0.6 is 0 Å². The van der Waals surface area contributed by atoms with Gasteiger partial charge in [0, 0.05) is 14.1 Å². The van der Waals surface area contributed by atoms with Crippen LogP contribution in [0.5, 0.6) is 5.75 Å². The van der Waals surface area contributed by atoms with Crippen LogP contribution < -0.4 is 10.1 Å². The van der Waals surface area contributed by atoms with Gasteiger partial charge in [-0.25, -0.2) is 4.39 Å². The summed E-state index contributed by atoms with van der Waals surface area (Å²) in [5.74, 6) is -0.0205. The number of likely N-dealkylation sites (N-methyl/N-ethyl adjacent to an activating group) is 1. The highest BCUT2D eigenvalue weighted by atomic mass is 19.1. The maximum absolute atomic E-state index is 13.5. The molecule has 0 atom stereocenters. The quantitative estimate of drug-likeness (QED) is 0.488. The van der Waals surface area contributed by atoms with Crippen molar-refractivity contribution in [1.29, 1.82) is 0 Å². The van der Waals surface area contributed by atoms with Crippen LogP contribution in [0.4, 0.5) is 4.39 Å². The molecule has 1 N–H and O–H groups in total. The van der Waals surface area contributed by atoms with E-state index in [4.69, 9.17) is 9.47 Å². The van der Waals surface area contributed by atoms with Crippen molar-refractivity contribution in [1.82, 2.24) is 10.2 Å². The van der Waals surface area contributed by atoms with Crippen LogP contribution in [0.25, 0.3) is 0 Å². The van der Waals surface area contributed by atoms with Crippen LogP contribution in [-0.2, 0) is 9.53 Å². The van der Waals surface area contributed by atoms with Crippen LogP contribution in [0.15, 0.2) is 29.3 Å². The first-order valence-corrected chi connectivity index (χ1v) is 7.74. The van der Waals surface area contributed by atoms with Crippen LogP contribution in [0.3, 0.4) is 0 Å². The third-order valence-electron chi connectivity index (χ3n) is 2.91. The van der Waals surface area contributed by atoms with Crippen LogP contribution in [0, 0.1) is 5.82 Å². The number of para-hydroxylation sites is 1. The maximum Gasteiger partial charge on any atom is 0.325 e. The number of nitrogens with zero attached hydrogens (tertiary/aromatic N) is 2. The summed E-state index contributed by atoms with van der Waals surface area (Å²) < 4.78 is 24.1. The molecular weight excluding hydrogens is 313 g/mol. The minimum absolute atomic E-state index is 0.0163. The number of rotatable bonds is 6. The number of guanidine groups is 1. The Hall–Kier alpha value is -2.31. The van der Waals surface area contributed by atoms with Crippen LogP contribution in [-0.4, -0.2) is 56.2 Å².